The lowest BCUT2D eigenvalue weighted by Crippen LogP contribution is -2.14. The standard InChI is InChI=1S/C17H21NO2/c1-2-19-16-11-7-6-10-15(16)17(20-13-12-18)14-8-4-3-5-9-14/h3-11,17H,2,12-13,18H2,1H3. The highest BCUT2D eigenvalue weighted by Gasteiger charge is 2.18. The minimum atomic E-state index is -0.150. The van der Waals surface area contributed by atoms with Crippen molar-refractivity contribution in [3.05, 3.63) is 65.7 Å². The van der Waals surface area contributed by atoms with Crippen molar-refractivity contribution in [1.29, 1.82) is 0 Å². The fourth-order valence-corrected chi connectivity index (χ4v) is 2.16. The Bertz CT molecular complexity index is 513. The molecular formula is C17H21NO2. The van der Waals surface area contributed by atoms with Crippen LogP contribution >= 0.6 is 0 Å². The summed E-state index contributed by atoms with van der Waals surface area (Å²) in [6, 6.07) is 18.1. The summed E-state index contributed by atoms with van der Waals surface area (Å²) in [5, 5.41) is 0. The molecule has 20 heavy (non-hydrogen) atoms. The van der Waals surface area contributed by atoms with Gasteiger partial charge in [-0.3, -0.25) is 0 Å². The maximum absolute atomic E-state index is 5.95. The molecule has 3 nitrogen and oxygen atoms in total. The van der Waals surface area contributed by atoms with Crippen LogP contribution in [-0.2, 0) is 4.74 Å². The second kappa shape index (κ2) is 7.68. The summed E-state index contributed by atoms with van der Waals surface area (Å²) in [6.45, 7) is 3.63. The average molecular weight is 271 g/mol. The van der Waals surface area contributed by atoms with Crippen molar-refractivity contribution < 1.29 is 9.47 Å². The Kier molecular flexibility index (Phi) is 5.59. The van der Waals surface area contributed by atoms with Crippen LogP contribution in [0.2, 0.25) is 0 Å². The third-order valence-electron chi connectivity index (χ3n) is 3.01. The molecule has 0 amide bonds. The minimum absolute atomic E-state index is 0.150. The van der Waals surface area contributed by atoms with Crippen LogP contribution in [0.15, 0.2) is 54.6 Å². The van der Waals surface area contributed by atoms with E-state index in [2.05, 4.69) is 12.1 Å². The molecule has 106 valence electrons. The SMILES string of the molecule is CCOc1ccccc1C(OCCN)c1ccccc1. The molecule has 1 unspecified atom stereocenters. The van der Waals surface area contributed by atoms with E-state index in [0.717, 1.165) is 16.9 Å². The number of benzene rings is 2. The molecule has 2 aromatic carbocycles. The molecule has 0 fully saturated rings. The zero-order valence-electron chi connectivity index (χ0n) is 11.8. The molecule has 0 aliphatic heterocycles. The number of hydrogen-bond acceptors (Lipinski definition) is 3. The van der Waals surface area contributed by atoms with Gasteiger partial charge in [-0.1, -0.05) is 48.5 Å². The van der Waals surface area contributed by atoms with Gasteiger partial charge in [0.25, 0.3) is 0 Å². The van der Waals surface area contributed by atoms with Crippen molar-refractivity contribution in [3.63, 3.8) is 0 Å². The van der Waals surface area contributed by atoms with Crippen molar-refractivity contribution in [2.24, 2.45) is 5.73 Å². The molecule has 0 saturated heterocycles. The number of rotatable bonds is 7. The smallest absolute Gasteiger partial charge is 0.125 e. The second-order valence-electron chi connectivity index (χ2n) is 4.42. The van der Waals surface area contributed by atoms with E-state index in [1.54, 1.807) is 0 Å². The van der Waals surface area contributed by atoms with Crippen molar-refractivity contribution in [2.45, 2.75) is 13.0 Å². The van der Waals surface area contributed by atoms with Gasteiger partial charge in [-0.2, -0.15) is 0 Å². The second-order valence-corrected chi connectivity index (χ2v) is 4.42. The van der Waals surface area contributed by atoms with Gasteiger partial charge >= 0.3 is 0 Å². The first-order chi connectivity index (χ1) is 9.86. The van der Waals surface area contributed by atoms with E-state index in [9.17, 15) is 0 Å². The van der Waals surface area contributed by atoms with Gasteiger partial charge in [0.05, 0.1) is 13.2 Å². The lowest BCUT2D eigenvalue weighted by molar-refractivity contribution is 0.0841. The van der Waals surface area contributed by atoms with Crippen molar-refractivity contribution >= 4 is 0 Å². The molecule has 0 aliphatic carbocycles. The van der Waals surface area contributed by atoms with Crippen LogP contribution in [0.4, 0.5) is 0 Å². The molecule has 2 rings (SSSR count). The van der Waals surface area contributed by atoms with Gasteiger partial charge in [0, 0.05) is 12.1 Å². The highest BCUT2D eigenvalue weighted by atomic mass is 16.5. The molecule has 3 heteroatoms. The highest BCUT2D eigenvalue weighted by Crippen LogP contribution is 2.32. The lowest BCUT2D eigenvalue weighted by Gasteiger charge is -2.21. The van der Waals surface area contributed by atoms with Gasteiger partial charge in [0.1, 0.15) is 11.9 Å². The van der Waals surface area contributed by atoms with E-state index in [1.165, 1.54) is 0 Å². The number of hydrogen-bond donors (Lipinski definition) is 1. The fourth-order valence-electron chi connectivity index (χ4n) is 2.16. The van der Waals surface area contributed by atoms with Crippen LogP contribution in [0.25, 0.3) is 0 Å². The van der Waals surface area contributed by atoms with E-state index < -0.39 is 0 Å². The van der Waals surface area contributed by atoms with Crippen molar-refractivity contribution in [3.8, 4) is 5.75 Å². The van der Waals surface area contributed by atoms with Gasteiger partial charge in [0.2, 0.25) is 0 Å². The summed E-state index contributed by atoms with van der Waals surface area (Å²) in [5.74, 6) is 0.862. The molecule has 0 aromatic heterocycles. The number of ether oxygens (including phenoxy) is 2. The lowest BCUT2D eigenvalue weighted by atomic mass is 10.0. The molecule has 2 aromatic rings. The summed E-state index contributed by atoms with van der Waals surface area (Å²) < 4.78 is 11.7. The van der Waals surface area contributed by atoms with Gasteiger partial charge in [-0.15, -0.1) is 0 Å². The van der Waals surface area contributed by atoms with Crippen LogP contribution < -0.4 is 10.5 Å². The van der Waals surface area contributed by atoms with E-state index in [4.69, 9.17) is 15.2 Å². The highest BCUT2D eigenvalue weighted by molar-refractivity contribution is 5.40. The first-order valence-electron chi connectivity index (χ1n) is 6.95. The molecule has 0 spiro atoms. The number of para-hydroxylation sites is 1. The van der Waals surface area contributed by atoms with Crippen molar-refractivity contribution in [2.75, 3.05) is 19.8 Å². The topological polar surface area (TPSA) is 44.5 Å². The van der Waals surface area contributed by atoms with Crippen LogP contribution in [0.3, 0.4) is 0 Å². The van der Waals surface area contributed by atoms with E-state index in [1.807, 2.05) is 49.4 Å². The first kappa shape index (κ1) is 14.6. The molecule has 0 aliphatic rings. The summed E-state index contributed by atoms with van der Waals surface area (Å²) in [5.41, 5.74) is 7.71. The number of nitrogens with two attached hydrogens (primary N) is 1. The summed E-state index contributed by atoms with van der Waals surface area (Å²) in [7, 11) is 0. The van der Waals surface area contributed by atoms with Crippen molar-refractivity contribution in [1.82, 2.24) is 0 Å². The summed E-state index contributed by atoms with van der Waals surface area (Å²) >= 11 is 0. The molecule has 0 radical (unpaired) electrons. The van der Waals surface area contributed by atoms with Crippen LogP contribution in [0, 0.1) is 0 Å². The maximum Gasteiger partial charge on any atom is 0.125 e. The van der Waals surface area contributed by atoms with Gasteiger partial charge in [-0.05, 0) is 18.6 Å². The Hall–Kier alpha value is -1.84. The quantitative estimate of drug-likeness (QED) is 0.841. The summed E-state index contributed by atoms with van der Waals surface area (Å²) in [4.78, 5) is 0. The molecule has 0 heterocycles. The molecule has 0 saturated carbocycles. The van der Waals surface area contributed by atoms with Crippen LogP contribution in [-0.4, -0.2) is 19.8 Å². The zero-order chi connectivity index (χ0) is 14.2. The first-order valence-corrected chi connectivity index (χ1v) is 6.95. The molecule has 1 atom stereocenters. The van der Waals surface area contributed by atoms with Crippen LogP contribution in [0.1, 0.15) is 24.2 Å². The monoisotopic (exact) mass is 271 g/mol. The van der Waals surface area contributed by atoms with Crippen LogP contribution in [0.5, 0.6) is 5.75 Å². The normalized spacial score (nSPS) is 12.1. The molecule has 2 N–H and O–H groups in total. The Balaban J connectivity index is 2.36. The third-order valence-corrected chi connectivity index (χ3v) is 3.01. The molecule has 0 bridgehead atoms. The van der Waals surface area contributed by atoms with E-state index in [0.29, 0.717) is 19.8 Å². The Morgan fingerprint density at radius 3 is 2.40 bits per heavy atom. The average Bonchev–Trinajstić information content (AvgIpc) is 2.50. The predicted molar refractivity (Wildman–Crippen MR) is 80.9 cm³/mol. The zero-order valence-corrected chi connectivity index (χ0v) is 11.8. The Morgan fingerprint density at radius 1 is 1.00 bits per heavy atom. The fraction of sp³-hybridized carbons (Fsp3) is 0.294. The molecular weight excluding hydrogens is 250 g/mol. The maximum atomic E-state index is 5.95. The van der Waals surface area contributed by atoms with E-state index in [-0.39, 0.29) is 6.10 Å². The van der Waals surface area contributed by atoms with Gasteiger partial charge < -0.3 is 15.2 Å². The Labute approximate surface area is 120 Å². The minimum Gasteiger partial charge on any atom is -0.493 e. The van der Waals surface area contributed by atoms with Gasteiger partial charge in [0.15, 0.2) is 0 Å². The third kappa shape index (κ3) is 3.59. The summed E-state index contributed by atoms with van der Waals surface area (Å²) in [6.07, 6.45) is -0.150. The predicted octanol–water partition coefficient (Wildman–Crippen LogP) is 3.15. The largest absolute Gasteiger partial charge is 0.493 e. The Morgan fingerprint density at radius 2 is 1.70 bits per heavy atom. The van der Waals surface area contributed by atoms with Gasteiger partial charge in [-0.25, -0.2) is 0 Å². The van der Waals surface area contributed by atoms with E-state index >= 15 is 0 Å².